The van der Waals surface area contributed by atoms with Crippen molar-refractivity contribution in [3.8, 4) is 17.2 Å². The number of hydrogen-bond acceptors (Lipinski definition) is 3. The molecule has 1 aliphatic heterocycles. The molecule has 0 radical (unpaired) electrons. The summed E-state index contributed by atoms with van der Waals surface area (Å²) in [6.45, 7) is 0.649. The van der Waals surface area contributed by atoms with E-state index in [4.69, 9.17) is 9.47 Å². The fourth-order valence-electron chi connectivity index (χ4n) is 1.38. The molecule has 1 N–H and O–H groups in total. The summed E-state index contributed by atoms with van der Waals surface area (Å²) in [7, 11) is 1.58. The summed E-state index contributed by atoms with van der Waals surface area (Å²) in [5.41, 5.74) is 1.02. The van der Waals surface area contributed by atoms with E-state index in [1.807, 2.05) is 6.07 Å². The Morgan fingerprint density at radius 2 is 2.33 bits per heavy atom. The monoisotopic (exact) mass is 166 g/mol. The van der Waals surface area contributed by atoms with E-state index in [2.05, 4.69) is 0 Å². The van der Waals surface area contributed by atoms with Crippen LogP contribution in [0.3, 0.4) is 0 Å². The molecule has 0 spiro atoms. The molecule has 0 saturated carbocycles. The largest absolute Gasteiger partial charge is 0.504 e. The lowest BCUT2D eigenvalue weighted by Crippen LogP contribution is -1.86. The molecule has 0 amide bonds. The molecule has 64 valence electrons. The van der Waals surface area contributed by atoms with Crippen molar-refractivity contribution >= 4 is 0 Å². The molecular formula is C9H10O3. The summed E-state index contributed by atoms with van der Waals surface area (Å²) in [5.74, 6) is 1.45. The number of fused-ring (bicyclic) bond motifs is 1. The van der Waals surface area contributed by atoms with Gasteiger partial charge in [0.15, 0.2) is 11.5 Å². The number of methoxy groups -OCH3 is 1. The zero-order valence-electron chi connectivity index (χ0n) is 6.83. The van der Waals surface area contributed by atoms with Gasteiger partial charge in [0, 0.05) is 18.1 Å². The number of ether oxygens (including phenoxy) is 2. The van der Waals surface area contributed by atoms with Crippen LogP contribution >= 0.6 is 0 Å². The van der Waals surface area contributed by atoms with Crippen LogP contribution in [0.2, 0.25) is 0 Å². The zero-order valence-corrected chi connectivity index (χ0v) is 6.83. The molecule has 1 heterocycles. The summed E-state index contributed by atoms with van der Waals surface area (Å²) < 4.78 is 10.2. The zero-order chi connectivity index (χ0) is 8.55. The van der Waals surface area contributed by atoms with Crippen molar-refractivity contribution in [2.24, 2.45) is 0 Å². The lowest BCUT2D eigenvalue weighted by molar-refractivity contribution is 0.333. The molecule has 0 aliphatic carbocycles. The highest BCUT2D eigenvalue weighted by molar-refractivity contribution is 5.52. The quantitative estimate of drug-likeness (QED) is 0.684. The first-order chi connectivity index (χ1) is 5.81. The SMILES string of the molecule is COc1cc(O)c2c(c1)CCO2. The van der Waals surface area contributed by atoms with Crippen LogP contribution in [0.25, 0.3) is 0 Å². The van der Waals surface area contributed by atoms with Gasteiger partial charge in [0.05, 0.1) is 13.7 Å². The number of rotatable bonds is 1. The lowest BCUT2D eigenvalue weighted by atomic mass is 10.1. The average Bonchev–Trinajstić information content (AvgIpc) is 2.52. The van der Waals surface area contributed by atoms with E-state index in [9.17, 15) is 5.11 Å². The molecule has 3 heteroatoms. The molecule has 2 rings (SSSR count). The van der Waals surface area contributed by atoms with Gasteiger partial charge in [0.2, 0.25) is 0 Å². The number of benzene rings is 1. The maximum Gasteiger partial charge on any atom is 0.164 e. The number of phenols is 1. The Hall–Kier alpha value is -1.38. The summed E-state index contributed by atoms with van der Waals surface area (Å²) in [5, 5.41) is 9.44. The normalized spacial score (nSPS) is 13.8. The van der Waals surface area contributed by atoms with E-state index in [-0.39, 0.29) is 5.75 Å². The fourth-order valence-corrected chi connectivity index (χ4v) is 1.38. The highest BCUT2D eigenvalue weighted by Crippen LogP contribution is 2.38. The van der Waals surface area contributed by atoms with Crippen LogP contribution in [-0.2, 0) is 6.42 Å². The van der Waals surface area contributed by atoms with Crippen molar-refractivity contribution in [1.82, 2.24) is 0 Å². The van der Waals surface area contributed by atoms with Crippen LogP contribution in [0.15, 0.2) is 12.1 Å². The first-order valence-electron chi connectivity index (χ1n) is 3.84. The highest BCUT2D eigenvalue weighted by Gasteiger charge is 2.17. The predicted octanol–water partition coefficient (Wildman–Crippen LogP) is 1.34. The van der Waals surface area contributed by atoms with Gasteiger partial charge in [-0.1, -0.05) is 0 Å². The Kier molecular flexibility index (Phi) is 1.57. The molecule has 12 heavy (non-hydrogen) atoms. The molecule has 1 aromatic carbocycles. The molecule has 0 saturated heterocycles. The molecule has 3 nitrogen and oxygen atoms in total. The number of aromatic hydroxyl groups is 1. The van der Waals surface area contributed by atoms with E-state index in [1.165, 1.54) is 0 Å². The second kappa shape index (κ2) is 2.59. The Morgan fingerprint density at radius 3 is 3.08 bits per heavy atom. The standard InChI is InChI=1S/C9H10O3/c1-11-7-4-6-2-3-12-9(6)8(10)5-7/h4-5,10H,2-3H2,1H3. The first kappa shape index (κ1) is 7.28. The Labute approximate surface area is 70.5 Å². The fraction of sp³-hybridized carbons (Fsp3) is 0.333. The van der Waals surface area contributed by atoms with E-state index in [1.54, 1.807) is 13.2 Å². The maximum atomic E-state index is 9.44. The minimum Gasteiger partial charge on any atom is -0.504 e. The number of phenolic OH excluding ortho intramolecular Hbond substituents is 1. The van der Waals surface area contributed by atoms with E-state index in [0.29, 0.717) is 18.1 Å². The summed E-state index contributed by atoms with van der Waals surface area (Å²) in [6.07, 6.45) is 0.847. The summed E-state index contributed by atoms with van der Waals surface area (Å²) >= 11 is 0. The van der Waals surface area contributed by atoms with Crippen molar-refractivity contribution in [2.75, 3.05) is 13.7 Å². The summed E-state index contributed by atoms with van der Waals surface area (Å²) in [4.78, 5) is 0. The number of hydrogen-bond donors (Lipinski definition) is 1. The second-order valence-corrected chi connectivity index (χ2v) is 2.73. The molecule has 1 aromatic rings. The lowest BCUT2D eigenvalue weighted by Gasteiger charge is -2.04. The molecular weight excluding hydrogens is 156 g/mol. The molecule has 0 fully saturated rings. The van der Waals surface area contributed by atoms with Crippen molar-refractivity contribution in [3.63, 3.8) is 0 Å². The van der Waals surface area contributed by atoms with E-state index >= 15 is 0 Å². The molecule has 0 bridgehead atoms. The third-order valence-electron chi connectivity index (χ3n) is 1.97. The highest BCUT2D eigenvalue weighted by atomic mass is 16.5. The minimum absolute atomic E-state index is 0.168. The first-order valence-corrected chi connectivity index (χ1v) is 3.84. The Morgan fingerprint density at radius 1 is 1.50 bits per heavy atom. The predicted molar refractivity (Wildman–Crippen MR) is 43.9 cm³/mol. The van der Waals surface area contributed by atoms with Crippen molar-refractivity contribution in [1.29, 1.82) is 0 Å². The minimum atomic E-state index is 0.168. The van der Waals surface area contributed by atoms with Crippen molar-refractivity contribution in [3.05, 3.63) is 17.7 Å². The third kappa shape index (κ3) is 0.978. The van der Waals surface area contributed by atoms with Crippen LogP contribution in [0.4, 0.5) is 0 Å². The van der Waals surface area contributed by atoms with Gasteiger partial charge in [-0.25, -0.2) is 0 Å². The van der Waals surface area contributed by atoms with Crippen LogP contribution in [0.5, 0.6) is 17.2 Å². The van der Waals surface area contributed by atoms with E-state index in [0.717, 1.165) is 12.0 Å². The van der Waals surface area contributed by atoms with Crippen molar-refractivity contribution < 1.29 is 14.6 Å². The summed E-state index contributed by atoms with van der Waals surface area (Å²) in [6, 6.07) is 3.45. The van der Waals surface area contributed by atoms with Crippen LogP contribution < -0.4 is 9.47 Å². The van der Waals surface area contributed by atoms with Gasteiger partial charge in [-0.15, -0.1) is 0 Å². The Bertz CT molecular complexity index is 307. The van der Waals surface area contributed by atoms with Gasteiger partial charge in [0.1, 0.15) is 5.75 Å². The topological polar surface area (TPSA) is 38.7 Å². The van der Waals surface area contributed by atoms with Gasteiger partial charge < -0.3 is 14.6 Å². The van der Waals surface area contributed by atoms with Crippen LogP contribution in [0.1, 0.15) is 5.56 Å². The van der Waals surface area contributed by atoms with Gasteiger partial charge in [-0.3, -0.25) is 0 Å². The Balaban J connectivity index is 2.51. The molecule has 0 aromatic heterocycles. The van der Waals surface area contributed by atoms with Crippen LogP contribution in [-0.4, -0.2) is 18.8 Å². The van der Waals surface area contributed by atoms with Crippen molar-refractivity contribution in [2.45, 2.75) is 6.42 Å². The average molecular weight is 166 g/mol. The van der Waals surface area contributed by atoms with Gasteiger partial charge >= 0.3 is 0 Å². The second-order valence-electron chi connectivity index (χ2n) is 2.73. The van der Waals surface area contributed by atoms with Gasteiger partial charge in [0.25, 0.3) is 0 Å². The van der Waals surface area contributed by atoms with Crippen LogP contribution in [0, 0.1) is 0 Å². The maximum absolute atomic E-state index is 9.44. The van der Waals surface area contributed by atoms with Gasteiger partial charge in [-0.2, -0.15) is 0 Å². The van der Waals surface area contributed by atoms with E-state index < -0.39 is 0 Å². The molecule has 0 atom stereocenters. The molecule has 1 aliphatic rings. The molecule has 0 unspecified atom stereocenters. The van der Waals surface area contributed by atoms with Gasteiger partial charge in [-0.05, 0) is 6.07 Å². The smallest absolute Gasteiger partial charge is 0.164 e. The third-order valence-corrected chi connectivity index (χ3v) is 1.97.